The van der Waals surface area contributed by atoms with Crippen LogP contribution in [0.1, 0.15) is 43.4 Å². The van der Waals surface area contributed by atoms with Gasteiger partial charge in [-0.2, -0.15) is 9.61 Å². The van der Waals surface area contributed by atoms with Gasteiger partial charge in [0.15, 0.2) is 5.82 Å². The second-order valence-corrected chi connectivity index (χ2v) is 5.89. The molecule has 0 radical (unpaired) electrons. The highest BCUT2D eigenvalue weighted by Crippen LogP contribution is 2.39. The van der Waals surface area contributed by atoms with Crippen molar-refractivity contribution < 1.29 is 4.79 Å². The van der Waals surface area contributed by atoms with Crippen molar-refractivity contribution in [3.05, 3.63) is 10.8 Å². The van der Waals surface area contributed by atoms with E-state index in [0.717, 1.165) is 15.8 Å². The van der Waals surface area contributed by atoms with Crippen molar-refractivity contribution in [2.45, 2.75) is 39.2 Å². The van der Waals surface area contributed by atoms with Crippen LogP contribution in [0.25, 0.3) is 4.96 Å². The zero-order valence-corrected chi connectivity index (χ0v) is 12.5. The molecule has 0 bridgehead atoms. The second-order valence-electron chi connectivity index (χ2n) is 4.85. The third kappa shape index (κ3) is 2.47. The highest BCUT2D eigenvalue weighted by atomic mass is 32.1. The van der Waals surface area contributed by atoms with Gasteiger partial charge in [0.1, 0.15) is 5.01 Å². The van der Waals surface area contributed by atoms with Gasteiger partial charge >= 0.3 is 6.03 Å². The van der Waals surface area contributed by atoms with Crippen molar-refractivity contribution in [2.24, 2.45) is 0 Å². The summed E-state index contributed by atoms with van der Waals surface area (Å²) in [5.74, 6) is 1.47. The van der Waals surface area contributed by atoms with Crippen LogP contribution in [0.3, 0.4) is 0 Å². The quantitative estimate of drug-likeness (QED) is 0.909. The topological polar surface area (TPSA) is 75.4 Å². The van der Waals surface area contributed by atoms with Crippen LogP contribution >= 0.6 is 11.3 Å². The molecule has 1 saturated carbocycles. The van der Waals surface area contributed by atoms with Gasteiger partial charge in [-0.25, -0.2) is 4.79 Å². The molecule has 1 fully saturated rings. The minimum atomic E-state index is -0.0524. The number of nitrogens with one attached hydrogen (secondary N) is 1. The molecule has 0 atom stereocenters. The molecule has 8 heteroatoms. The van der Waals surface area contributed by atoms with Gasteiger partial charge in [-0.1, -0.05) is 11.3 Å². The predicted octanol–water partition coefficient (Wildman–Crippen LogP) is 1.61. The van der Waals surface area contributed by atoms with Gasteiger partial charge in [-0.3, -0.25) is 0 Å². The van der Waals surface area contributed by atoms with Crippen molar-refractivity contribution in [3.8, 4) is 0 Å². The van der Waals surface area contributed by atoms with E-state index in [1.54, 1.807) is 4.90 Å². The molecule has 7 nitrogen and oxygen atoms in total. The number of aromatic nitrogens is 4. The Balaban J connectivity index is 1.67. The Morgan fingerprint density at radius 3 is 2.80 bits per heavy atom. The third-order valence-corrected chi connectivity index (χ3v) is 4.34. The van der Waals surface area contributed by atoms with Crippen LogP contribution in [0.15, 0.2) is 0 Å². The fraction of sp³-hybridized carbons (Fsp3) is 0.667. The Morgan fingerprint density at radius 1 is 1.40 bits per heavy atom. The molecule has 1 aliphatic rings. The van der Waals surface area contributed by atoms with E-state index in [1.807, 2.05) is 18.4 Å². The molecule has 1 N–H and O–H groups in total. The maximum absolute atomic E-state index is 11.9. The largest absolute Gasteiger partial charge is 0.331 e. The molecule has 3 rings (SSSR count). The standard InChI is InChI=1S/C12H18N6OS/c1-3-17(4-2)11(19)13-7-9-16-18-10(8-5-6-8)14-15-12(18)20-9/h8H,3-7H2,1-2H3,(H,13,19). The number of carbonyl (C=O) groups excluding carboxylic acids is 1. The van der Waals surface area contributed by atoms with Gasteiger partial charge in [0.25, 0.3) is 0 Å². The van der Waals surface area contributed by atoms with E-state index in [-0.39, 0.29) is 6.03 Å². The first-order valence-corrected chi connectivity index (χ1v) is 7.78. The fourth-order valence-corrected chi connectivity index (χ4v) is 2.89. The van der Waals surface area contributed by atoms with Crippen molar-refractivity contribution in [2.75, 3.05) is 13.1 Å². The first-order chi connectivity index (χ1) is 9.72. The van der Waals surface area contributed by atoms with Gasteiger partial charge < -0.3 is 10.2 Å². The predicted molar refractivity (Wildman–Crippen MR) is 75.8 cm³/mol. The number of fused-ring (bicyclic) bond motifs is 1. The van der Waals surface area contributed by atoms with E-state index in [0.29, 0.717) is 25.6 Å². The summed E-state index contributed by atoms with van der Waals surface area (Å²) in [6, 6.07) is -0.0524. The van der Waals surface area contributed by atoms with Crippen molar-refractivity contribution in [1.29, 1.82) is 0 Å². The average Bonchev–Trinajstić information content (AvgIpc) is 3.08. The summed E-state index contributed by atoms with van der Waals surface area (Å²) in [7, 11) is 0. The zero-order valence-electron chi connectivity index (χ0n) is 11.7. The van der Waals surface area contributed by atoms with E-state index in [4.69, 9.17) is 0 Å². The fourth-order valence-electron chi connectivity index (χ4n) is 2.11. The maximum Gasteiger partial charge on any atom is 0.317 e. The highest BCUT2D eigenvalue weighted by molar-refractivity contribution is 7.16. The number of carbonyl (C=O) groups is 1. The minimum absolute atomic E-state index is 0.0524. The highest BCUT2D eigenvalue weighted by Gasteiger charge is 2.30. The van der Waals surface area contributed by atoms with Crippen molar-refractivity contribution in [1.82, 2.24) is 30.0 Å². The van der Waals surface area contributed by atoms with Crippen LogP contribution in [-0.2, 0) is 6.54 Å². The molecule has 2 aromatic rings. The Hall–Kier alpha value is -1.70. The van der Waals surface area contributed by atoms with E-state index in [9.17, 15) is 4.79 Å². The first-order valence-electron chi connectivity index (χ1n) is 6.96. The Kier molecular flexibility index (Phi) is 3.56. The summed E-state index contributed by atoms with van der Waals surface area (Å²) in [6.45, 7) is 5.79. The minimum Gasteiger partial charge on any atom is -0.331 e. The first kappa shape index (κ1) is 13.3. The van der Waals surface area contributed by atoms with Crippen molar-refractivity contribution in [3.63, 3.8) is 0 Å². The molecular weight excluding hydrogens is 276 g/mol. The SMILES string of the molecule is CCN(CC)C(=O)NCc1nn2c(C3CC3)nnc2s1. The Bertz CT molecular complexity index is 613. The Morgan fingerprint density at radius 2 is 2.15 bits per heavy atom. The summed E-state index contributed by atoms with van der Waals surface area (Å²) in [5, 5.41) is 16.6. The summed E-state index contributed by atoms with van der Waals surface area (Å²) in [4.78, 5) is 14.4. The number of rotatable bonds is 5. The molecule has 20 heavy (non-hydrogen) atoms. The molecule has 0 unspecified atom stereocenters. The van der Waals surface area contributed by atoms with Gasteiger partial charge in [-0.05, 0) is 26.7 Å². The van der Waals surface area contributed by atoms with Gasteiger partial charge in [0.2, 0.25) is 4.96 Å². The van der Waals surface area contributed by atoms with Crippen LogP contribution in [0.2, 0.25) is 0 Å². The summed E-state index contributed by atoms with van der Waals surface area (Å²) in [5.41, 5.74) is 0. The number of amides is 2. The normalized spacial score (nSPS) is 14.7. The number of hydrogen-bond acceptors (Lipinski definition) is 5. The lowest BCUT2D eigenvalue weighted by Crippen LogP contribution is -2.39. The molecule has 0 spiro atoms. The van der Waals surface area contributed by atoms with Gasteiger partial charge in [-0.15, -0.1) is 10.2 Å². The van der Waals surface area contributed by atoms with Crippen LogP contribution in [-0.4, -0.2) is 43.8 Å². The molecule has 2 amide bonds. The van der Waals surface area contributed by atoms with E-state index < -0.39 is 0 Å². The Labute approximate surface area is 121 Å². The van der Waals surface area contributed by atoms with E-state index in [1.165, 1.54) is 24.2 Å². The van der Waals surface area contributed by atoms with Crippen LogP contribution in [0, 0.1) is 0 Å². The number of hydrogen-bond donors (Lipinski definition) is 1. The lowest BCUT2D eigenvalue weighted by molar-refractivity contribution is 0.203. The third-order valence-electron chi connectivity index (χ3n) is 3.44. The second kappa shape index (κ2) is 5.35. The van der Waals surface area contributed by atoms with Gasteiger partial charge in [0.05, 0.1) is 6.54 Å². The van der Waals surface area contributed by atoms with Crippen molar-refractivity contribution >= 4 is 22.3 Å². The van der Waals surface area contributed by atoms with Crippen LogP contribution < -0.4 is 5.32 Å². The van der Waals surface area contributed by atoms with Crippen LogP contribution in [0.4, 0.5) is 4.79 Å². The van der Waals surface area contributed by atoms with Gasteiger partial charge in [0, 0.05) is 19.0 Å². The lowest BCUT2D eigenvalue weighted by Gasteiger charge is -2.18. The summed E-state index contributed by atoms with van der Waals surface area (Å²) < 4.78 is 1.82. The summed E-state index contributed by atoms with van der Waals surface area (Å²) in [6.07, 6.45) is 2.35. The van der Waals surface area contributed by atoms with Crippen LogP contribution in [0.5, 0.6) is 0 Å². The molecule has 2 aromatic heterocycles. The average molecular weight is 294 g/mol. The summed E-state index contributed by atoms with van der Waals surface area (Å²) >= 11 is 1.48. The molecule has 108 valence electrons. The van der Waals surface area contributed by atoms with E-state index in [2.05, 4.69) is 20.6 Å². The number of urea groups is 1. The molecule has 1 aliphatic carbocycles. The number of nitrogens with zero attached hydrogens (tertiary/aromatic N) is 5. The van der Waals surface area contributed by atoms with E-state index >= 15 is 0 Å². The maximum atomic E-state index is 11.9. The molecule has 0 aromatic carbocycles. The lowest BCUT2D eigenvalue weighted by atomic mass is 10.4. The smallest absolute Gasteiger partial charge is 0.317 e. The molecule has 0 saturated heterocycles. The molecule has 2 heterocycles. The molecular formula is C12H18N6OS. The molecule has 0 aliphatic heterocycles. The monoisotopic (exact) mass is 294 g/mol. The zero-order chi connectivity index (χ0) is 14.1.